The highest BCUT2D eigenvalue weighted by Gasteiger charge is 2.43. The van der Waals surface area contributed by atoms with Crippen LogP contribution in [-0.2, 0) is 0 Å². The molecule has 0 bridgehead atoms. The Morgan fingerprint density at radius 3 is 2.00 bits per heavy atom. The van der Waals surface area contributed by atoms with Gasteiger partial charge in [0.1, 0.15) is 0 Å². The molecule has 1 rings (SSSR count). The van der Waals surface area contributed by atoms with E-state index in [1.54, 1.807) is 0 Å². The maximum absolute atomic E-state index is 2.45. The molecule has 0 aromatic heterocycles. The van der Waals surface area contributed by atoms with Gasteiger partial charge in [-0.05, 0) is 36.0 Å². The molecule has 0 heterocycles. The van der Waals surface area contributed by atoms with Gasteiger partial charge in [0.25, 0.3) is 0 Å². The van der Waals surface area contributed by atoms with E-state index in [0.29, 0.717) is 0 Å². The fraction of sp³-hybridized carbons (Fsp3) is 1.00. The molecule has 1 aliphatic rings. The van der Waals surface area contributed by atoms with Crippen LogP contribution in [0.4, 0.5) is 0 Å². The quantitative estimate of drug-likeness (QED) is 0.606. The minimum atomic E-state index is 0.888. The summed E-state index contributed by atoms with van der Waals surface area (Å²) < 4.78 is 0. The molecular weight excluding hydrogens is 156 g/mol. The number of hydrogen-bond acceptors (Lipinski definition) is 0. The van der Waals surface area contributed by atoms with Crippen molar-refractivity contribution in [2.24, 2.45) is 29.6 Å². The lowest BCUT2D eigenvalue weighted by atomic mass is 9.55. The average molecular weight is 182 g/mol. The third kappa shape index (κ3) is 2.27. The fourth-order valence-electron chi connectivity index (χ4n) is 3.16. The van der Waals surface area contributed by atoms with Crippen LogP contribution < -0.4 is 0 Å². The number of rotatable bonds is 4. The Kier molecular flexibility index (Phi) is 3.82. The molecule has 1 aliphatic carbocycles. The summed E-state index contributed by atoms with van der Waals surface area (Å²) in [6.07, 6.45) is 4.29. The summed E-state index contributed by atoms with van der Waals surface area (Å²) in [5.74, 6) is 4.94. The van der Waals surface area contributed by atoms with E-state index in [0.717, 1.165) is 29.6 Å². The molecule has 4 atom stereocenters. The van der Waals surface area contributed by atoms with Crippen molar-refractivity contribution in [2.75, 3.05) is 0 Å². The van der Waals surface area contributed by atoms with E-state index in [1.807, 2.05) is 0 Å². The smallest absolute Gasteiger partial charge is 0.0352 e. The van der Waals surface area contributed by atoms with Gasteiger partial charge in [0.05, 0.1) is 0 Å². The Hall–Kier alpha value is 0. The molecule has 0 spiro atoms. The molecule has 0 aromatic carbocycles. The van der Waals surface area contributed by atoms with Crippen LogP contribution in [0.3, 0.4) is 0 Å². The Morgan fingerprint density at radius 2 is 1.54 bits per heavy atom. The summed E-state index contributed by atoms with van der Waals surface area (Å²) in [5, 5.41) is 0. The Morgan fingerprint density at radius 1 is 1.00 bits per heavy atom. The van der Waals surface area contributed by atoms with E-state index in [-0.39, 0.29) is 0 Å². The van der Waals surface area contributed by atoms with E-state index in [9.17, 15) is 0 Å². The highest BCUT2D eigenvalue weighted by molar-refractivity contribution is 4.92. The van der Waals surface area contributed by atoms with Crippen LogP contribution in [-0.4, -0.2) is 0 Å². The first-order valence-electron chi connectivity index (χ1n) is 6.07. The van der Waals surface area contributed by atoms with Crippen LogP contribution in [0.5, 0.6) is 0 Å². The lowest BCUT2D eigenvalue weighted by molar-refractivity contribution is -0.0174. The predicted octanol–water partition coefficient (Wildman–Crippen LogP) is 4.35. The zero-order valence-corrected chi connectivity index (χ0v) is 10.0. The summed E-state index contributed by atoms with van der Waals surface area (Å²) in [6, 6.07) is 0. The molecule has 13 heavy (non-hydrogen) atoms. The molecular formula is C13H26. The minimum Gasteiger partial charge on any atom is -0.0654 e. The monoisotopic (exact) mass is 182 g/mol. The predicted molar refractivity (Wildman–Crippen MR) is 59.7 cm³/mol. The van der Waals surface area contributed by atoms with Gasteiger partial charge in [-0.1, -0.05) is 47.5 Å². The molecule has 4 unspecified atom stereocenters. The first kappa shape index (κ1) is 11.1. The minimum absolute atomic E-state index is 0.888. The molecule has 0 amide bonds. The molecule has 0 nitrogen and oxygen atoms in total. The first-order valence-corrected chi connectivity index (χ1v) is 6.07. The topological polar surface area (TPSA) is 0 Å². The van der Waals surface area contributed by atoms with Crippen molar-refractivity contribution in [3.05, 3.63) is 0 Å². The van der Waals surface area contributed by atoms with Crippen molar-refractivity contribution in [3.63, 3.8) is 0 Å². The Balaban J connectivity index is 2.42. The Bertz CT molecular complexity index is 148. The van der Waals surface area contributed by atoms with Crippen molar-refractivity contribution >= 4 is 0 Å². The highest BCUT2D eigenvalue weighted by Crippen LogP contribution is 2.50. The molecule has 0 saturated heterocycles. The maximum atomic E-state index is 2.45. The molecule has 1 saturated carbocycles. The van der Waals surface area contributed by atoms with Crippen LogP contribution in [0.2, 0.25) is 0 Å². The summed E-state index contributed by atoms with van der Waals surface area (Å²) in [5.41, 5.74) is 0. The van der Waals surface area contributed by atoms with Gasteiger partial charge in [-0.2, -0.15) is 0 Å². The summed E-state index contributed by atoms with van der Waals surface area (Å²) in [7, 11) is 0. The molecule has 1 fully saturated rings. The second-order valence-electron chi connectivity index (χ2n) is 5.46. The zero-order chi connectivity index (χ0) is 10.0. The van der Waals surface area contributed by atoms with Crippen LogP contribution in [0.25, 0.3) is 0 Å². The molecule has 0 N–H and O–H groups in total. The van der Waals surface area contributed by atoms with Gasteiger partial charge >= 0.3 is 0 Å². The summed E-state index contributed by atoms with van der Waals surface area (Å²) >= 11 is 0. The third-order valence-corrected chi connectivity index (χ3v) is 4.10. The van der Waals surface area contributed by atoms with Crippen molar-refractivity contribution in [1.82, 2.24) is 0 Å². The lowest BCUT2D eigenvalue weighted by Gasteiger charge is -2.50. The SMILES string of the molecule is CCCC1C(C)C(C)C1CC(C)C. The Labute approximate surface area is 84.1 Å². The van der Waals surface area contributed by atoms with Gasteiger partial charge in [-0.3, -0.25) is 0 Å². The molecule has 0 aromatic rings. The molecule has 0 heteroatoms. The molecule has 0 radical (unpaired) electrons. The lowest BCUT2D eigenvalue weighted by Crippen LogP contribution is -2.44. The maximum Gasteiger partial charge on any atom is -0.0352 e. The van der Waals surface area contributed by atoms with Crippen molar-refractivity contribution < 1.29 is 0 Å². The second kappa shape index (κ2) is 4.48. The van der Waals surface area contributed by atoms with Crippen molar-refractivity contribution in [2.45, 2.75) is 53.9 Å². The van der Waals surface area contributed by atoms with E-state index in [1.165, 1.54) is 19.3 Å². The molecule has 0 aliphatic heterocycles. The van der Waals surface area contributed by atoms with Crippen LogP contribution in [0.1, 0.15) is 53.9 Å². The first-order chi connectivity index (χ1) is 6.07. The largest absolute Gasteiger partial charge is 0.0654 e. The van der Waals surface area contributed by atoms with Crippen molar-refractivity contribution in [1.29, 1.82) is 0 Å². The van der Waals surface area contributed by atoms with Crippen LogP contribution in [0, 0.1) is 29.6 Å². The van der Waals surface area contributed by atoms with Crippen molar-refractivity contribution in [3.8, 4) is 0 Å². The summed E-state index contributed by atoms with van der Waals surface area (Å²) in [6.45, 7) is 11.9. The fourth-order valence-corrected chi connectivity index (χ4v) is 3.16. The van der Waals surface area contributed by atoms with Crippen LogP contribution >= 0.6 is 0 Å². The van der Waals surface area contributed by atoms with Gasteiger partial charge in [-0.15, -0.1) is 0 Å². The third-order valence-electron chi connectivity index (χ3n) is 4.10. The van der Waals surface area contributed by atoms with E-state index >= 15 is 0 Å². The van der Waals surface area contributed by atoms with Gasteiger partial charge in [-0.25, -0.2) is 0 Å². The second-order valence-corrected chi connectivity index (χ2v) is 5.46. The van der Waals surface area contributed by atoms with Gasteiger partial charge in [0.15, 0.2) is 0 Å². The average Bonchev–Trinajstić information content (AvgIpc) is 2.10. The zero-order valence-electron chi connectivity index (χ0n) is 10.0. The summed E-state index contributed by atoms with van der Waals surface area (Å²) in [4.78, 5) is 0. The normalized spacial score (nSPS) is 39.2. The van der Waals surface area contributed by atoms with Crippen LogP contribution in [0.15, 0.2) is 0 Å². The standard InChI is InChI=1S/C13H26/c1-6-7-12-10(4)11(5)13(12)8-9(2)3/h9-13H,6-8H2,1-5H3. The van der Waals surface area contributed by atoms with Gasteiger partial charge < -0.3 is 0 Å². The van der Waals surface area contributed by atoms with Gasteiger partial charge in [0.2, 0.25) is 0 Å². The number of hydrogen-bond donors (Lipinski definition) is 0. The van der Waals surface area contributed by atoms with E-state index < -0.39 is 0 Å². The van der Waals surface area contributed by atoms with E-state index in [2.05, 4.69) is 34.6 Å². The van der Waals surface area contributed by atoms with E-state index in [4.69, 9.17) is 0 Å². The van der Waals surface area contributed by atoms with Gasteiger partial charge in [0, 0.05) is 0 Å². The highest BCUT2D eigenvalue weighted by atomic mass is 14.5. The molecule has 78 valence electrons.